The number of ether oxygens (including phenoxy) is 2. The lowest BCUT2D eigenvalue weighted by molar-refractivity contribution is -0.0957. The summed E-state index contributed by atoms with van der Waals surface area (Å²) in [5.74, 6) is 1.65. The van der Waals surface area contributed by atoms with Gasteiger partial charge in [0.25, 0.3) is 5.91 Å². The zero-order chi connectivity index (χ0) is 39.2. The topological polar surface area (TPSA) is 130 Å². The lowest BCUT2D eigenvalue weighted by atomic mass is 9.63. The summed E-state index contributed by atoms with van der Waals surface area (Å²) in [6.45, 7) is 12.3. The molecule has 2 bridgehead atoms. The van der Waals surface area contributed by atoms with E-state index in [2.05, 4.69) is 53.8 Å². The Bertz CT molecular complexity index is 2070. The lowest BCUT2D eigenvalue weighted by Gasteiger charge is -2.52. The lowest BCUT2D eigenvalue weighted by Crippen LogP contribution is -2.59. The monoisotopic (exact) mass is 806 g/mol. The second kappa shape index (κ2) is 15.7. The van der Waals surface area contributed by atoms with Gasteiger partial charge in [0.2, 0.25) is 15.9 Å². The fourth-order valence-electron chi connectivity index (χ4n) is 9.87. The summed E-state index contributed by atoms with van der Waals surface area (Å²) < 4.78 is 48.3. The zero-order valence-corrected chi connectivity index (χ0v) is 34.6. The molecular formula is C42H55ClN6O6S. The fraction of sp³-hybridized carbons (Fsp3) is 0.595. The Labute approximate surface area is 336 Å². The molecule has 12 nitrogen and oxygen atoms in total. The number of carbonyl (C=O) groups excluding carboxylic acids is 1. The van der Waals surface area contributed by atoms with Crippen molar-refractivity contribution < 1.29 is 27.2 Å². The van der Waals surface area contributed by atoms with Gasteiger partial charge >= 0.3 is 0 Å². The number of carbonyl (C=O) groups is 1. The van der Waals surface area contributed by atoms with Crippen molar-refractivity contribution in [3.8, 4) is 5.75 Å². The largest absolute Gasteiger partial charge is 0.490 e. The van der Waals surface area contributed by atoms with E-state index in [4.69, 9.17) is 25.6 Å². The van der Waals surface area contributed by atoms with E-state index in [-0.39, 0.29) is 17.3 Å². The Morgan fingerprint density at radius 3 is 2.61 bits per heavy atom. The summed E-state index contributed by atoms with van der Waals surface area (Å²) >= 11 is 6.51. The third-order valence-electron chi connectivity index (χ3n) is 13.5. The summed E-state index contributed by atoms with van der Waals surface area (Å²) in [6, 6.07) is 11.6. The van der Waals surface area contributed by atoms with Gasteiger partial charge in [-0.15, -0.1) is 0 Å². The molecule has 14 heteroatoms. The van der Waals surface area contributed by atoms with Crippen LogP contribution in [0.2, 0.25) is 5.02 Å². The predicted octanol–water partition coefficient (Wildman–Crippen LogP) is 5.78. The number of fused-ring (bicyclic) bond motifs is 4. The Kier molecular flexibility index (Phi) is 11.0. The van der Waals surface area contributed by atoms with Crippen molar-refractivity contribution in [3.63, 3.8) is 0 Å². The van der Waals surface area contributed by atoms with Crippen molar-refractivity contribution in [3.05, 3.63) is 82.0 Å². The summed E-state index contributed by atoms with van der Waals surface area (Å²) in [5.41, 5.74) is 2.78. The molecule has 1 aromatic heterocycles. The van der Waals surface area contributed by atoms with Crippen LogP contribution in [-0.2, 0) is 33.1 Å². The predicted molar refractivity (Wildman–Crippen MR) is 216 cm³/mol. The molecule has 1 saturated heterocycles. The number of nitrogens with zero attached hydrogens (tertiary/aromatic N) is 5. The van der Waals surface area contributed by atoms with E-state index in [1.807, 2.05) is 39.2 Å². The maximum absolute atomic E-state index is 13.7. The number of nitrogens with one attached hydrogen (secondary N) is 1. The standard InChI is InChI=1S/C42H55ClN6O6S/c1-28-7-5-16-42(53-4,26-48-19-17-47(18-20-48)24-39-44-30(3)55-45-39)36-12-9-33(36)23-49-25-41(15-6-8-31-21-34(43)11-13-35(31)41)27-54-38-14-10-32(22-37(38)49)40(50)46-56(51,52)29(28)2/h5,10-11,13-14,16,21-22,28-29,33,36H,6-9,12,15,17-20,23-27H2,1-4H3,(H,46,50)/b16-5+/t28-,29+,33-,36+,41-,42+/m0/s1. The SMILES string of the molecule is CO[C@@]1(CN2CCN(Cc3noc(C)n3)CC2)/C=C/C[C@H](C)[C@@H](C)S(=O)(=O)NC(=O)c2ccc3c(c2)N(C[C@@H]2CC[C@H]21)C[C@@]1(CCCc2cc(Cl)ccc21)CO3. The molecule has 2 aliphatic carbocycles. The van der Waals surface area contributed by atoms with Gasteiger partial charge < -0.3 is 18.9 Å². The minimum atomic E-state index is -3.98. The summed E-state index contributed by atoms with van der Waals surface area (Å²) in [6.07, 6.45) is 9.92. The van der Waals surface area contributed by atoms with E-state index in [1.165, 1.54) is 11.1 Å². The molecule has 1 N–H and O–H groups in total. The van der Waals surface area contributed by atoms with Crippen molar-refractivity contribution in [2.24, 2.45) is 17.8 Å². The highest BCUT2D eigenvalue weighted by Crippen LogP contribution is 2.49. The second-order valence-corrected chi connectivity index (χ2v) is 19.4. The molecule has 5 aliphatic rings. The first kappa shape index (κ1) is 39.3. The van der Waals surface area contributed by atoms with Gasteiger partial charge in [0, 0.05) is 75.8 Å². The van der Waals surface area contributed by atoms with Crippen LogP contribution in [0.4, 0.5) is 5.69 Å². The van der Waals surface area contributed by atoms with Gasteiger partial charge in [-0.25, -0.2) is 13.1 Å². The molecule has 56 heavy (non-hydrogen) atoms. The molecular weight excluding hydrogens is 752 g/mol. The number of aromatic nitrogens is 2. The Morgan fingerprint density at radius 2 is 1.88 bits per heavy atom. The number of hydrogen-bond acceptors (Lipinski definition) is 11. The second-order valence-electron chi connectivity index (χ2n) is 17.0. The van der Waals surface area contributed by atoms with Crippen molar-refractivity contribution in [2.75, 3.05) is 64.4 Å². The van der Waals surface area contributed by atoms with Crippen LogP contribution in [0.5, 0.6) is 5.75 Å². The number of methoxy groups -OCH3 is 1. The van der Waals surface area contributed by atoms with Crippen LogP contribution in [-0.4, -0.2) is 105 Å². The summed E-state index contributed by atoms with van der Waals surface area (Å²) in [7, 11) is -2.14. The highest BCUT2D eigenvalue weighted by molar-refractivity contribution is 7.90. The van der Waals surface area contributed by atoms with E-state index in [1.54, 1.807) is 13.0 Å². The van der Waals surface area contributed by atoms with Gasteiger partial charge in [0.05, 0.1) is 24.1 Å². The van der Waals surface area contributed by atoms with E-state index in [0.717, 1.165) is 82.1 Å². The number of benzene rings is 2. The number of allylic oxidation sites excluding steroid dienone is 1. The molecule has 2 aromatic carbocycles. The molecule has 1 amide bonds. The average Bonchev–Trinajstić information content (AvgIpc) is 3.51. The molecule has 8 rings (SSSR count). The Morgan fingerprint density at radius 1 is 1.07 bits per heavy atom. The molecule has 6 atom stereocenters. The van der Waals surface area contributed by atoms with Crippen LogP contribution in [0.25, 0.3) is 0 Å². The first-order chi connectivity index (χ1) is 26.9. The number of amides is 1. The molecule has 2 fully saturated rings. The molecule has 4 heterocycles. The zero-order valence-electron chi connectivity index (χ0n) is 33.0. The van der Waals surface area contributed by atoms with Crippen molar-refractivity contribution >= 4 is 33.2 Å². The normalized spacial score (nSPS) is 31.7. The van der Waals surface area contributed by atoms with Crippen LogP contribution < -0.4 is 14.4 Å². The number of hydrogen-bond donors (Lipinski definition) is 1. The third-order valence-corrected chi connectivity index (χ3v) is 15.6. The summed E-state index contributed by atoms with van der Waals surface area (Å²) in [4.78, 5) is 25.4. The number of aryl methyl sites for hydroxylation is 2. The molecule has 1 spiro atoms. The molecule has 3 aromatic rings. The van der Waals surface area contributed by atoms with Crippen LogP contribution in [0, 0.1) is 24.7 Å². The minimum absolute atomic E-state index is 0.223. The molecule has 0 radical (unpaired) electrons. The van der Waals surface area contributed by atoms with Gasteiger partial charge in [-0.3, -0.25) is 14.6 Å². The van der Waals surface area contributed by atoms with Crippen LogP contribution in [0.1, 0.15) is 79.2 Å². The van der Waals surface area contributed by atoms with Crippen LogP contribution >= 0.6 is 11.6 Å². The molecule has 3 aliphatic heterocycles. The Balaban J connectivity index is 1.14. The quantitative estimate of drug-likeness (QED) is 0.315. The molecule has 1 saturated carbocycles. The van der Waals surface area contributed by atoms with E-state index < -0.39 is 26.8 Å². The first-order valence-electron chi connectivity index (χ1n) is 20.2. The minimum Gasteiger partial charge on any atom is -0.490 e. The average molecular weight is 807 g/mol. The number of halogens is 1. The number of piperazine rings is 1. The van der Waals surface area contributed by atoms with Crippen molar-refractivity contribution in [1.82, 2.24) is 24.7 Å². The van der Waals surface area contributed by atoms with E-state index >= 15 is 0 Å². The smallest absolute Gasteiger partial charge is 0.264 e. The van der Waals surface area contributed by atoms with Gasteiger partial charge in [-0.1, -0.05) is 41.9 Å². The highest BCUT2D eigenvalue weighted by atomic mass is 35.5. The van der Waals surface area contributed by atoms with Gasteiger partial charge in [0.1, 0.15) is 11.4 Å². The van der Waals surface area contributed by atoms with Crippen LogP contribution in [0.3, 0.4) is 0 Å². The van der Waals surface area contributed by atoms with Crippen LogP contribution in [0.15, 0.2) is 53.1 Å². The third kappa shape index (κ3) is 7.74. The number of rotatable bonds is 5. The summed E-state index contributed by atoms with van der Waals surface area (Å²) in [5, 5.41) is 4.05. The van der Waals surface area contributed by atoms with Crippen molar-refractivity contribution in [2.45, 2.75) is 82.1 Å². The van der Waals surface area contributed by atoms with Crippen molar-refractivity contribution in [1.29, 1.82) is 0 Å². The van der Waals surface area contributed by atoms with Gasteiger partial charge in [-0.2, -0.15) is 4.98 Å². The maximum atomic E-state index is 13.7. The molecule has 302 valence electrons. The number of anilines is 1. The Hall–Kier alpha value is -3.49. The first-order valence-corrected chi connectivity index (χ1v) is 22.1. The maximum Gasteiger partial charge on any atom is 0.264 e. The fourth-order valence-corrected chi connectivity index (χ4v) is 11.3. The van der Waals surface area contributed by atoms with Gasteiger partial charge in [-0.05, 0) is 105 Å². The van der Waals surface area contributed by atoms with Gasteiger partial charge in [0.15, 0.2) is 5.82 Å². The molecule has 0 unspecified atom stereocenters. The van der Waals surface area contributed by atoms with E-state index in [9.17, 15) is 13.2 Å². The van der Waals surface area contributed by atoms with E-state index in [0.29, 0.717) is 55.1 Å². The highest BCUT2D eigenvalue weighted by Gasteiger charge is 2.50. The number of sulfonamides is 1.